The third-order valence-electron chi connectivity index (χ3n) is 3.73. The number of aromatic nitrogens is 3. The largest absolute Gasteiger partial charge is 0.330 e. The van der Waals surface area contributed by atoms with E-state index in [1.165, 1.54) is 12.1 Å². The third kappa shape index (κ3) is 3.13. The van der Waals surface area contributed by atoms with Crippen molar-refractivity contribution in [1.82, 2.24) is 15.2 Å². The summed E-state index contributed by atoms with van der Waals surface area (Å²) in [6, 6.07) is 9.80. The molecule has 23 heavy (non-hydrogen) atoms. The van der Waals surface area contributed by atoms with Gasteiger partial charge in [-0.25, -0.2) is 4.39 Å². The molecule has 0 radical (unpaired) electrons. The number of aromatic amines is 1. The number of nitrogens with two attached hydrogens (primary N) is 2. The summed E-state index contributed by atoms with van der Waals surface area (Å²) in [6.07, 6.45) is 4.07. The highest BCUT2D eigenvalue weighted by Crippen LogP contribution is 2.35. The van der Waals surface area contributed by atoms with E-state index in [0.29, 0.717) is 13.0 Å². The topological polar surface area (TPSA) is 93.6 Å². The molecule has 0 aliphatic rings. The molecule has 0 aliphatic carbocycles. The molecule has 5 N–H and O–H groups in total. The van der Waals surface area contributed by atoms with Gasteiger partial charge >= 0.3 is 0 Å². The fraction of sp³-hybridized carbons (Fsp3) is 0.176. The van der Waals surface area contributed by atoms with Gasteiger partial charge in [0.15, 0.2) is 0 Å². The van der Waals surface area contributed by atoms with Crippen LogP contribution >= 0.6 is 0 Å². The zero-order chi connectivity index (χ0) is 16.2. The maximum atomic E-state index is 13.2. The molecule has 0 saturated carbocycles. The molecule has 2 heterocycles. The van der Waals surface area contributed by atoms with E-state index in [4.69, 9.17) is 11.5 Å². The molecule has 0 spiro atoms. The van der Waals surface area contributed by atoms with Crippen LogP contribution in [0.5, 0.6) is 0 Å². The Labute approximate surface area is 133 Å². The average Bonchev–Trinajstić information content (AvgIpc) is 3.01. The van der Waals surface area contributed by atoms with E-state index in [1.54, 1.807) is 24.5 Å². The Kier molecular flexibility index (Phi) is 4.45. The van der Waals surface area contributed by atoms with Crippen LogP contribution in [0.1, 0.15) is 18.2 Å². The lowest BCUT2D eigenvalue weighted by Crippen LogP contribution is -2.16. The minimum Gasteiger partial charge on any atom is -0.330 e. The minimum absolute atomic E-state index is 0.270. The molecule has 0 amide bonds. The smallest absolute Gasteiger partial charge is 0.123 e. The number of rotatable bonds is 5. The standard InChI is InChI=1S/C17H18FN5/c18-13-3-1-12(2-4-13)16-15(11-6-9-21-10-7-11)17(23-22-16)14(20)5-8-19/h1-4,6-7,9-10,14H,5,8,19-20H2,(H,22,23). The van der Waals surface area contributed by atoms with Crippen molar-refractivity contribution in [3.63, 3.8) is 0 Å². The van der Waals surface area contributed by atoms with Crippen molar-refractivity contribution in [2.24, 2.45) is 11.5 Å². The summed E-state index contributed by atoms with van der Waals surface area (Å²) < 4.78 is 13.2. The van der Waals surface area contributed by atoms with Gasteiger partial charge in [0, 0.05) is 23.5 Å². The molecule has 1 aromatic carbocycles. The van der Waals surface area contributed by atoms with Crippen LogP contribution in [-0.2, 0) is 0 Å². The number of hydrogen-bond acceptors (Lipinski definition) is 4. The second kappa shape index (κ2) is 6.68. The van der Waals surface area contributed by atoms with Crippen LogP contribution in [0, 0.1) is 5.82 Å². The summed E-state index contributed by atoms with van der Waals surface area (Å²) in [5.74, 6) is -0.279. The van der Waals surface area contributed by atoms with E-state index in [-0.39, 0.29) is 11.9 Å². The van der Waals surface area contributed by atoms with Gasteiger partial charge in [-0.15, -0.1) is 0 Å². The highest BCUT2D eigenvalue weighted by molar-refractivity contribution is 5.82. The molecule has 1 unspecified atom stereocenters. The molecule has 6 heteroatoms. The van der Waals surface area contributed by atoms with Crippen LogP contribution in [0.25, 0.3) is 22.4 Å². The first-order chi connectivity index (χ1) is 11.2. The van der Waals surface area contributed by atoms with E-state index in [2.05, 4.69) is 15.2 Å². The van der Waals surface area contributed by atoms with Crippen LogP contribution in [0.3, 0.4) is 0 Å². The van der Waals surface area contributed by atoms with Crippen molar-refractivity contribution in [1.29, 1.82) is 0 Å². The number of pyridine rings is 1. The number of benzene rings is 1. The van der Waals surface area contributed by atoms with Crippen molar-refractivity contribution in [2.45, 2.75) is 12.5 Å². The van der Waals surface area contributed by atoms with Gasteiger partial charge in [-0.2, -0.15) is 5.10 Å². The molecule has 3 rings (SSSR count). The molecular weight excluding hydrogens is 293 g/mol. The van der Waals surface area contributed by atoms with Gasteiger partial charge in [0.25, 0.3) is 0 Å². The van der Waals surface area contributed by atoms with Crippen molar-refractivity contribution in [3.8, 4) is 22.4 Å². The lowest BCUT2D eigenvalue weighted by molar-refractivity contribution is 0.628. The van der Waals surface area contributed by atoms with Gasteiger partial charge in [-0.1, -0.05) is 0 Å². The molecule has 2 aromatic heterocycles. The lowest BCUT2D eigenvalue weighted by Gasteiger charge is -2.11. The van der Waals surface area contributed by atoms with Crippen LogP contribution in [0.15, 0.2) is 48.8 Å². The quantitative estimate of drug-likeness (QED) is 0.675. The van der Waals surface area contributed by atoms with Crippen molar-refractivity contribution in [2.75, 3.05) is 6.54 Å². The average molecular weight is 311 g/mol. The number of nitrogens with zero attached hydrogens (tertiary/aromatic N) is 2. The first-order valence-electron chi connectivity index (χ1n) is 7.41. The Morgan fingerprint density at radius 1 is 1.04 bits per heavy atom. The van der Waals surface area contributed by atoms with Crippen LogP contribution in [0.4, 0.5) is 4.39 Å². The van der Waals surface area contributed by atoms with Crippen molar-refractivity contribution >= 4 is 0 Å². The highest BCUT2D eigenvalue weighted by Gasteiger charge is 2.20. The molecule has 3 aromatic rings. The van der Waals surface area contributed by atoms with Crippen LogP contribution in [0.2, 0.25) is 0 Å². The number of halogens is 1. The molecular formula is C17H18FN5. The van der Waals surface area contributed by atoms with Gasteiger partial charge in [-0.3, -0.25) is 10.1 Å². The van der Waals surface area contributed by atoms with Gasteiger partial charge in [0.05, 0.1) is 17.4 Å². The Balaban J connectivity index is 2.15. The van der Waals surface area contributed by atoms with Crippen LogP contribution < -0.4 is 11.5 Å². The van der Waals surface area contributed by atoms with Gasteiger partial charge in [0.1, 0.15) is 5.82 Å². The molecule has 0 aliphatic heterocycles. The lowest BCUT2D eigenvalue weighted by atomic mass is 9.96. The van der Waals surface area contributed by atoms with Gasteiger partial charge in [-0.05, 0) is 54.9 Å². The number of nitrogens with one attached hydrogen (secondary N) is 1. The second-order valence-corrected chi connectivity index (χ2v) is 5.29. The van der Waals surface area contributed by atoms with E-state index in [1.807, 2.05) is 12.1 Å². The van der Waals surface area contributed by atoms with Crippen LogP contribution in [-0.4, -0.2) is 21.7 Å². The van der Waals surface area contributed by atoms with E-state index < -0.39 is 0 Å². The monoisotopic (exact) mass is 311 g/mol. The summed E-state index contributed by atoms with van der Waals surface area (Å²) in [4.78, 5) is 4.05. The summed E-state index contributed by atoms with van der Waals surface area (Å²) in [7, 11) is 0. The normalized spacial score (nSPS) is 12.3. The summed E-state index contributed by atoms with van der Waals surface area (Å²) in [5.41, 5.74) is 16.1. The minimum atomic E-state index is -0.279. The molecule has 118 valence electrons. The summed E-state index contributed by atoms with van der Waals surface area (Å²) >= 11 is 0. The van der Waals surface area contributed by atoms with E-state index in [9.17, 15) is 4.39 Å². The Morgan fingerprint density at radius 2 is 1.74 bits per heavy atom. The second-order valence-electron chi connectivity index (χ2n) is 5.29. The first kappa shape index (κ1) is 15.3. The predicted octanol–water partition coefficient (Wildman–Crippen LogP) is 2.63. The third-order valence-corrected chi connectivity index (χ3v) is 3.73. The molecule has 0 saturated heterocycles. The SMILES string of the molecule is NCCC(N)c1n[nH]c(-c2ccc(F)cc2)c1-c1ccncc1. The molecule has 5 nitrogen and oxygen atoms in total. The molecule has 0 fully saturated rings. The fourth-order valence-electron chi connectivity index (χ4n) is 2.58. The Morgan fingerprint density at radius 3 is 2.39 bits per heavy atom. The summed E-state index contributed by atoms with van der Waals surface area (Å²) in [6.45, 7) is 0.482. The number of hydrogen-bond donors (Lipinski definition) is 3. The van der Waals surface area contributed by atoms with Crippen molar-refractivity contribution in [3.05, 3.63) is 60.3 Å². The first-order valence-corrected chi connectivity index (χ1v) is 7.41. The zero-order valence-electron chi connectivity index (χ0n) is 12.5. The van der Waals surface area contributed by atoms with E-state index >= 15 is 0 Å². The Hall–Kier alpha value is -2.57. The molecule has 1 atom stereocenters. The van der Waals surface area contributed by atoms with E-state index in [0.717, 1.165) is 28.1 Å². The summed E-state index contributed by atoms with van der Waals surface area (Å²) in [5, 5.41) is 7.42. The molecule has 0 bridgehead atoms. The Bertz CT molecular complexity index is 767. The maximum Gasteiger partial charge on any atom is 0.123 e. The fourth-order valence-corrected chi connectivity index (χ4v) is 2.58. The van der Waals surface area contributed by atoms with Gasteiger partial charge < -0.3 is 11.5 Å². The zero-order valence-corrected chi connectivity index (χ0v) is 12.5. The maximum absolute atomic E-state index is 13.2. The van der Waals surface area contributed by atoms with Crippen molar-refractivity contribution < 1.29 is 4.39 Å². The van der Waals surface area contributed by atoms with Gasteiger partial charge in [0.2, 0.25) is 0 Å². The highest BCUT2D eigenvalue weighted by atomic mass is 19.1. The number of H-pyrrole nitrogens is 1. The predicted molar refractivity (Wildman–Crippen MR) is 87.8 cm³/mol.